The number of nitrogens with zero attached hydrogens (tertiary/aromatic N) is 3. The molecule has 0 aliphatic heterocycles. The minimum absolute atomic E-state index is 0.0412. The third-order valence-electron chi connectivity index (χ3n) is 5.47. The molecule has 8 heteroatoms. The number of aryl methyl sites for hydroxylation is 3. The van der Waals surface area contributed by atoms with Crippen molar-refractivity contribution in [3.8, 4) is 0 Å². The first-order chi connectivity index (χ1) is 14.0. The van der Waals surface area contributed by atoms with Crippen LogP contribution in [0.5, 0.6) is 0 Å². The minimum atomic E-state index is -0.0556. The zero-order valence-corrected chi connectivity index (χ0v) is 17.3. The van der Waals surface area contributed by atoms with Gasteiger partial charge < -0.3 is 19.7 Å². The summed E-state index contributed by atoms with van der Waals surface area (Å²) < 4.78 is 7.23. The molecule has 1 saturated carbocycles. The second kappa shape index (κ2) is 10.2. The molecule has 0 aromatic carbocycles. The molecular weight excluding hydrogens is 370 g/mol. The van der Waals surface area contributed by atoms with E-state index >= 15 is 0 Å². The molecule has 2 N–H and O–H groups in total. The Morgan fingerprint density at radius 2 is 2.07 bits per heavy atom. The van der Waals surface area contributed by atoms with Gasteiger partial charge in [0.05, 0.1) is 12.1 Å². The monoisotopic (exact) mass is 401 g/mol. The molecule has 29 heavy (non-hydrogen) atoms. The Kier molecular flexibility index (Phi) is 7.43. The molecule has 0 bridgehead atoms. The number of imidazole rings is 1. The lowest BCUT2D eigenvalue weighted by atomic mass is 9.85. The lowest BCUT2D eigenvalue weighted by molar-refractivity contribution is -0.126. The Balaban J connectivity index is 1.31. The van der Waals surface area contributed by atoms with Crippen LogP contribution in [-0.4, -0.2) is 39.1 Å². The van der Waals surface area contributed by atoms with E-state index in [0.717, 1.165) is 56.6 Å². The van der Waals surface area contributed by atoms with Gasteiger partial charge in [-0.3, -0.25) is 9.59 Å². The fourth-order valence-corrected chi connectivity index (χ4v) is 3.90. The number of carbonyl (C=O) groups is 2. The third kappa shape index (κ3) is 6.17. The van der Waals surface area contributed by atoms with Gasteiger partial charge in [-0.2, -0.15) is 0 Å². The maximum atomic E-state index is 12.4. The first-order valence-electron chi connectivity index (χ1n) is 10.5. The van der Waals surface area contributed by atoms with Crippen molar-refractivity contribution in [3.05, 3.63) is 35.7 Å². The van der Waals surface area contributed by atoms with Gasteiger partial charge in [0.25, 0.3) is 0 Å². The summed E-state index contributed by atoms with van der Waals surface area (Å²) in [7, 11) is 0. The molecule has 2 amide bonds. The Hall–Kier alpha value is -2.64. The second-order valence-corrected chi connectivity index (χ2v) is 7.76. The lowest BCUT2D eigenvalue weighted by Crippen LogP contribution is -2.41. The van der Waals surface area contributed by atoms with Crippen LogP contribution >= 0.6 is 0 Å². The predicted molar refractivity (Wildman–Crippen MR) is 108 cm³/mol. The molecule has 1 aliphatic rings. The molecule has 158 valence electrons. The fraction of sp³-hybridized carbons (Fsp3) is 0.619. The van der Waals surface area contributed by atoms with Gasteiger partial charge >= 0.3 is 0 Å². The largest absolute Gasteiger partial charge is 0.361 e. The second-order valence-electron chi connectivity index (χ2n) is 7.76. The number of aromatic nitrogens is 3. The molecule has 0 atom stereocenters. The third-order valence-corrected chi connectivity index (χ3v) is 5.47. The zero-order valence-electron chi connectivity index (χ0n) is 17.3. The van der Waals surface area contributed by atoms with E-state index in [9.17, 15) is 9.59 Å². The van der Waals surface area contributed by atoms with Gasteiger partial charge in [0.2, 0.25) is 11.8 Å². The van der Waals surface area contributed by atoms with Crippen LogP contribution in [-0.2, 0) is 29.0 Å². The van der Waals surface area contributed by atoms with Crippen LogP contribution in [0.3, 0.4) is 0 Å². The maximum Gasteiger partial charge on any atom is 0.227 e. The normalized spacial score (nSPS) is 19.1. The van der Waals surface area contributed by atoms with Crippen molar-refractivity contribution in [2.75, 3.05) is 6.54 Å². The van der Waals surface area contributed by atoms with Crippen molar-refractivity contribution in [1.29, 1.82) is 0 Å². The molecule has 0 saturated heterocycles. The van der Waals surface area contributed by atoms with Gasteiger partial charge in [-0.1, -0.05) is 12.1 Å². The van der Waals surface area contributed by atoms with Crippen molar-refractivity contribution >= 4 is 11.8 Å². The summed E-state index contributed by atoms with van der Waals surface area (Å²) in [5.41, 5.74) is 0.773. The van der Waals surface area contributed by atoms with Crippen LogP contribution in [0.4, 0.5) is 0 Å². The Labute approximate surface area is 171 Å². The van der Waals surface area contributed by atoms with Crippen LogP contribution in [0.1, 0.15) is 56.3 Å². The van der Waals surface area contributed by atoms with E-state index in [0.29, 0.717) is 12.3 Å². The van der Waals surface area contributed by atoms with E-state index in [2.05, 4.69) is 32.3 Å². The van der Waals surface area contributed by atoms with Gasteiger partial charge in [-0.05, 0) is 39.0 Å². The van der Waals surface area contributed by atoms with Crippen molar-refractivity contribution < 1.29 is 14.1 Å². The topological polar surface area (TPSA) is 102 Å². The van der Waals surface area contributed by atoms with Crippen LogP contribution < -0.4 is 10.6 Å². The smallest absolute Gasteiger partial charge is 0.227 e. The molecule has 1 aliphatic carbocycles. The molecule has 0 radical (unpaired) electrons. The molecule has 1 fully saturated rings. The molecule has 8 nitrogen and oxygen atoms in total. The van der Waals surface area contributed by atoms with Gasteiger partial charge in [0.15, 0.2) is 0 Å². The van der Waals surface area contributed by atoms with Crippen molar-refractivity contribution in [1.82, 2.24) is 25.3 Å². The van der Waals surface area contributed by atoms with E-state index in [-0.39, 0.29) is 30.2 Å². The Morgan fingerprint density at radius 3 is 2.76 bits per heavy atom. The SMILES string of the molecule is CCc1nccn1CCCNC(=O)C1CCC(NC(=O)Cc2cc(C)no2)CC1. The highest BCUT2D eigenvalue weighted by Crippen LogP contribution is 2.24. The number of carbonyl (C=O) groups excluding carboxylic acids is 2. The molecule has 2 aromatic rings. The van der Waals surface area contributed by atoms with Crippen LogP contribution in [0.2, 0.25) is 0 Å². The van der Waals surface area contributed by atoms with Gasteiger partial charge in [-0.15, -0.1) is 0 Å². The Bertz CT molecular complexity index is 805. The first-order valence-corrected chi connectivity index (χ1v) is 10.5. The van der Waals surface area contributed by atoms with Crippen molar-refractivity contribution in [2.45, 2.75) is 71.4 Å². The standard InChI is InChI=1S/C21H31N5O3/c1-3-19-22-10-12-26(19)11-4-9-23-21(28)16-5-7-17(8-6-16)24-20(27)14-18-13-15(2)25-29-18/h10,12-13,16-17H,3-9,11,14H2,1-2H3,(H,23,28)(H,24,27). The van der Waals surface area contributed by atoms with E-state index in [1.165, 1.54) is 0 Å². The van der Waals surface area contributed by atoms with Crippen LogP contribution in [0.25, 0.3) is 0 Å². The Morgan fingerprint density at radius 1 is 1.28 bits per heavy atom. The van der Waals surface area contributed by atoms with Crippen molar-refractivity contribution in [2.24, 2.45) is 5.92 Å². The molecular formula is C21H31N5O3. The summed E-state index contributed by atoms with van der Waals surface area (Å²) in [6.45, 7) is 5.46. The van der Waals surface area contributed by atoms with E-state index in [1.807, 2.05) is 19.3 Å². The van der Waals surface area contributed by atoms with Gasteiger partial charge in [-0.25, -0.2) is 4.98 Å². The fourth-order valence-electron chi connectivity index (χ4n) is 3.90. The summed E-state index contributed by atoms with van der Waals surface area (Å²) in [4.78, 5) is 28.9. The summed E-state index contributed by atoms with van der Waals surface area (Å²) in [6, 6.07) is 1.90. The molecule has 0 spiro atoms. The first kappa shape index (κ1) is 21.1. The summed E-state index contributed by atoms with van der Waals surface area (Å²) in [5.74, 6) is 1.78. The minimum Gasteiger partial charge on any atom is -0.361 e. The highest BCUT2D eigenvalue weighted by molar-refractivity contribution is 5.79. The average molecular weight is 402 g/mol. The number of rotatable bonds is 9. The number of hydrogen-bond donors (Lipinski definition) is 2. The molecule has 3 rings (SSSR count). The lowest BCUT2D eigenvalue weighted by Gasteiger charge is -2.28. The highest BCUT2D eigenvalue weighted by atomic mass is 16.5. The predicted octanol–water partition coefficient (Wildman–Crippen LogP) is 2.17. The number of nitrogens with one attached hydrogen (secondary N) is 2. The van der Waals surface area contributed by atoms with Gasteiger partial charge in [0, 0.05) is 49.9 Å². The molecule has 2 heterocycles. The molecule has 2 aromatic heterocycles. The van der Waals surface area contributed by atoms with E-state index in [4.69, 9.17) is 4.52 Å². The number of amides is 2. The quantitative estimate of drug-likeness (QED) is 0.627. The number of hydrogen-bond acceptors (Lipinski definition) is 5. The average Bonchev–Trinajstić information content (AvgIpc) is 3.33. The highest BCUT2D eigenvalue weighted by Gasteiger charge is 2.27. The summed E-state index contributed by atoms with van der Waals surface area (Å²) >= 11 is 0. The van der Waals surface area contributed by atoms with Crippen molar-refractivity contribution in [3.63, 3.8) is 0 Å². The van der Waals surface area contributed by atoms with Crippen LogP contribution in [0, 0.1) is 12.8 Å². The van der Waals surface area contributed by atoms with Crippen LogP contribution in [0.15, 0.2) is 23.0 Å². The van der Waals surface area contributed by atoms with E-state index < -0.39 is 0 Å². The molecule has 0 unspecified atom stereocenters. The van der Waals surface area contributed by atoms with E-state index in [1.54, 1.807) is 6.07 Å². The summed E-state index contributed by atoms with van der Waals surface area (Å²) in [6.07, 6.45) is 9.08. The van der Waals surface area contributed by atoms with Gasteiger partial charge in [0.1, 0.15) is 11.6 Å². The summed E-state index contributed by atoms with van der Waals surface area (Å²) in [5, 5.41) is 9.91. The zero-order chi connectivity index (χ0) is 20.6. The maximum absolute atomic E-state index is 12.4.